The molecule has 0 spiro atoms. The molecule has 0 atom stereocenters. The third-order valence-electron chi connectivity index (χ3n) is 4.69. The van der Waals surface area contributed by atoms with Gasteiger partial charge in [0.2, 0.25) is 6.41 Å². The molecule has 3 rings (SSSR count). The van der Waals surface area contributed by atoms with Gasteiger partial charge in [0, 0.05) is 49.5 Å². The molecule has 1 aliphatic rings. The molecular formula is C19H26N4OS. The molecule has 0 aliphatic carbocycles. The molecule has 0 saturated carbocycles. The molecule has 1 fully saturated rings. The monoisotopic (exact) mass is 358 g/mol. The Kier molecular flexibility index (Phi) is 6.04. The number of nitrogens with one attached hydrogen (secondary N) is 1. The van der Waals surface area contributed by atoms with Gasteiger partial charge in [0.25, 0.3) is 0 Å². The van der Waals surface area contributed by atoms with Crippen LogP contribution in [0, 0.1) is 6.92 Å². The minimum Gasteiger partial charge on any atom is -0.343 e. The first kappa shape index (κ1) is 17.9. The Balaban J connectivity index is 1.66. The van der Waals surface area contributed by atoms with Crippen molar-refractivity contribution in [1.29, 1.82) is 0 Å². The number of aryl methyl sites for hydroxylation is 1. The van der Waals surface area contributed by atoms with E-state index in [2.05, 4.69) is 47.2 Å². The molecule has 1 aliphatic heterocycles. The molecule has 134 valence electrons. The molecule has 0 bridgehead atoms. The average Bonchev–Trinajstić information content (AvgIpc) is 3.06. The Labute approximate surface area is 153 Å². The molecule has 5 nitrogen and oxygen atoms in total. The minimum absolute atomic E-state index is 0.819. The summed E-state index contributed by atoms with van der Waals surface area (Å²) in [6, 6.07) is 6.41. The number of amides is 1. The van der Waals surface area contributed by atoms with E-state index in [1.165, 1.54) is 16.0 Å². The summed E-state index contributed by atoms with van der Waals surface area (Å²) in [5.41, 5.74) is 3.73. The molecule has 1 N–H and O–H groups in total. The second kappa shape index (κ2) is 8.45. The molecule has 6 heteroatoms. The van der Waals surface area contributed by atoms with Gasteiger partial charge in [-0.1, -0.05) is 25.5 Å². The second-order valence-corrected chi connectivity index (χ2v) is 7.63. The van der Waals surface area contributed by atoms with Crippen LogP contribution in [0.3, 0.4) is 0 Å². The Morgan fingerprint density at radius 1 is 1.28 bits per heavy atom. The molecular weight excluding hydrogens is 332 g/mol. The number of benzene rings is 1. The summed E-state index contributed by atoms with van der Waals surface area (Å²) in [4.78, 5) is 20.9. The molecule has 0 unspecified atom stereocenters. The summed E-state index contributed by atoms with van der Waals surface area (Å²) in [5, 5.41) is 4.44. The summed E-state index contributed by atoms with van der Waals surface area (Å²) in [6.07, 6.45) is 5.16. The van der Waals surface area contributed by atoms with E-state index in [0.29, 0.717) is 0 Å². The lowest BCUT2D eigenvalue weighted by Gasteiger charge is -2.32. The van der Waals surface area contributed by atoms with Crippen molar-refractivity contribution in [2.45, 2.75) is 33.2 Å². The van der Waals surface area contributed by atoms with Crippen LogP contribution in [0.4, 0.5) is 10.8 Å². The number of hydrogen-bond acceptors (Lipinski definition) is 5. The maximum absolute atomic E-state index is 10.8. The topological polar surface area (TPSA) is 48.5 Å². The smallest absolute Gasteiger partial charge is 0.209 e. The van der Waals surface area contributed by atoms with Crippen molar-refractivity contribution in [3.8, 4) is 0 Å². The lowest BCUT2D eigenvalue weighted by Crippen LogP contribution is -2.45. The predicted molar refractivity (Wildman–Crippen MR) is 103 cm³/mol. The first-order valence-electron chi connectivity index (χ1n) is 8.91. The SMILES string of the molecule is CCCc1cnc(Nc2cccc(CN3CCN(C=O)CC3)c2C)s1. The van der Waals surface area contributed by atoms with E-state index in [1.807, 2.05) is 11.1 Å². The van der Waals surface area contributed by atoms with Crippen LogP contribution in [0.1, 0.15) is 29.3 Å². The molecule has 1 amide bonds. The van der Waals surface area contributed by atoms with Crippen LogP contribution in [0.2, 0.25) is 0 Å². The summed E-state index contributed by atoms with van der Waals surface area (Å²) < 4.78 is 0. The quantitative estimate of drug-likeness (QED) is 0.771. The maximum Gasteiger partial charge on any atom is 0.209 e. The molecule has 2 aromatic rings. The molecule has 2 heterocycles. The zero-order chi connectivity index (χ0) is 17.6. The number of carbonyl (C=O) groups is 1. The van der Waals surface area contributed by atoms with Crippen LogP contribution in [-0.2, 0) is 17.8 Å². The molecule has 25 heavy (non-hydrogen) atoms. The first-order chi connectivity index (χ1) is 12.2. The highest BCUT2D eigenvalue weighted by Crippen LogP contribution is 2.27. The fraction of sp³-hybridized carbons (Fsp3) is 0.474. The number of carbonyl (C=O) groups excluding carboxylic acids is 1. The van der Waals surface area contributed by atoms with Gasteiger partial charge in [0.05, 0.1) is 0 Å². The molecule has 1 aromatic heterocycles. The van der Waals surface area contributed by atoms with Crippen LogP contribution in [0.15, 0.2) is 24.4 Å². The first-order valence-corrected chi connectivity index (χ1v) is 9.73. The van der Waals surface area contributed by atoms with Gasteiger partial charge in [-0.3, -0.25) is 9.69 Å². The van der Waals surface area contributed by atoms with Gasteiger partial charge in [-0.05, 0) is 30.5 Å². The number of hydrogen-bond donors (Lipinski definition) is 1. The zero-order valence-corrected chi connectivity index (χ0v) is 15.8. The number of anilines is 2. The summed E-state index contributed by atoms with van der Waals surface area (Å²) in [6.45, 7) is 8.78. The van der Waals surface area contributed by atoms with E-state index in [4.69, 9.17) is 0 Å². The van der Waals surface area contributed by atoms with Crippen LogP contribution in [-0.4, -0.2) is 47.4 Å². The highest BCUT2D eigenvalue weighted by molar-refractivity contribution is 7.15. The van der Waals surface area contributed by atoms with Gasteiger partial charge in [-0.15, -0.1) is 11.3 Å². The molecule has 0 radical (unpaired) electrons. The van der Waals surface area contributed by atoms with Gasteiger partial charge in [0.15, 0.2) is 5.13 Å². The van der Waals surface area contributed by atoms with Gasteiger partial charge in [-0.2, -0.15) is 0 Å². The Morgan fingerprint density at radius 3 is 2.80 bits per heavy atom. The minimum atomic E-state index is 0.819. The largest absolute Gasteiger partial charge is 0.343 e. The van der Waals surface area contributed by atoms with Crippen molar-refractivity contribution in [1.82, 2.24) is 14.8 Å². The second-order valence-electron chi connectivity index (χ2n) is 6.51. The van der Waals surface area contributed by atoms with E-state index in [0.717, 1.165) is 62.8 Å². The summed E-state index contributed by atoms with van der Waals surface area (Å²) in [5.74, 6) is 0. The maximum atomic E-state index is 10.8. The highest BCUT2D eigenvalue weighted by Gasteiger charge is 2.16. The van der Waals surface area contributed by atoms with Crippen molar-refractivity contribution >= 4 is 28.6 Å². The highest BCUT2D eigenvalue weighted by atomic mass is 32.1. The van der Waals surface area contributed by atoms with E-state index < -0.39 is 0 Å². The van der Waals surface area contributed by atoms with Crippen LogP contribution in [0.5, 0.6) is 0 Å². The Bertz CT molecular complexity index is 707. The fourth-order valence-corrected chi connectivity index (χ4v) is 4.03. The lowest BCUT2D eigenvalue weighted by atomic mass is 10.1. The number of rotatable bonds is 7. The van der Waals surface area contributed by atoms with Crippen LogP contribution in [0.25, 0.3) is 0 Å². The van der Waals surface area contributed by atoms with Gasteiger partial charge in [0.1, 0.15) is 0 Å². The molecule has 1 aromatic carbocycles. The van der Waals surface area contributed by atoms with Crippen LogP contribution < -0.4 is 5.32 Å². The zero-order valence-electron chi connectivity index (χ0n) is 15.0. The molecule has 1 saturated heterocycles. The standard InChI is InChI=1S/C19H26N4OS/c1-3-5-17-12-20-19(25-17)21-18-7-4-6-16(15(18)2)13-22-8-10-23(14-24)11-9-22/h4,6-7,12,14H,3,5,8-11,13H2,1-2H3,(H,20,21). The third kappa shape index (κ3) is 4.58. The lowest BCUT2D eigenvalue weighted by molar-refractivity contribution is -0.119. The van der Waals surface area contributed by atoms with E-state index in [-0.39, 0.29) is 0 Å². The Morgan fingerprint density at radius 2 is 2.08 bits per heavy atom. The Hall–Kier alpha value is -1.92. The van der Waals surface area contributed by atoms with Crippen LogP contribution >= 0.6 is 11.3 Å². The number of piperazine rings is 1. The van der Waals surface area contributed by atoms with E-state index in [1.54, 1.807) is 11.3 Å². The fourth-order valence-electron chi connectivity index (χ4n) is 3.10. The van der Waals surface area contributed by atoms with Gasteiger partial charge < -0.3 is 10.2 Å². The number of aromatic nitrogens is 1. The van der Waals surface area contributed by atoms with E-state index in [9.17, 15) is 4.79 Å². The number of thiazole rings is 1. The van der Waals surface area contributed by atoms with Crippen molar-refractivity contribution in [2.75, 3.05) is 31.5 Å². The van der Waals surface area contributed by atoms with Crippen molar-refractivity contribution in [3.63, 3.8) is 0 Å². The number of nitrogens with zero attached hydrogens (tertiary/aromatic N) is 3. The summed E-state index contributed by atoms with van der Waals surface area (Å²) >= 11 is 1.73. The normalized spacial score (nSPS) is 15.4. The summed E-state index contributed by atoms with van der Waals surface area (Å²) in [7, 11) is 0. The predicted octanol–water partition coefficient (Wildman–Crippen LogP) is 3.42. The van der Waals surface area contributed by atoms with E-state index >= 15 is 0 Å². The van der Waals surface area contributed by atoms with Gasteiger partial charge >= 0.3 is 0 Å². The van der Waals surface area contributed by atoms with Gasteiger partial charge in [-0.25, -0.2) is 4.98 Å². The van der Waals surface area contributed by atoms with Crippen molar-refractivity contribution in [3.05, 3.63) is 40.4 Å². The van der Waals surface area contributed by atoms with Crippen molar-refractivity contribution in [2.24, 2.45) is 0 Å². The third-order valence-corrected chi connectivity index (χ3v) is 5.66. The van der Waals surface area contributed by atoms with Crippen molar-refractivity contribution < 1.29 is 4.79 Å². The average molecular weight is 359 g/mol.